The number of Topliss-reactive ketones (excluding diaryl/α,β-unsaturated/α-hetero) is 1. The number of nitrogens with two attached hydrogens (primary N) is 1. The van der Waals surface area contributed by atoms with E-state index in [1.54, 1.807) is 6.20 Å². The highest BCUT2D eigenvalue weighted by Gasteiger charge is 2.05. The van der Waals surface area contributed by atoms with Gasteiger partial charge in [-0.05, 0) is 19.4 Å². The first-order valence-corrected chi connectivity index (χ1v) is 3.34. The molecule has 1 aromatic rings. The zero-order valence-corrected chi connectivity index (χ0v) is 6.59. The molecule has 0 spiro atoms. The van der Waals surface area contributed by atoms with Gasteiger partial charge in [0.25, 0.3) is 0 Å². The van der Waals surface area contributed by atoms with Gasteiger partial charge in [0.15, 0.2) is 5.78 Å². The van der Waals surface area contributed by atoms with Gasteiger partial charge in [-0.15, -0.1) is 0 Å². The van der Waals surface area contributed by atoms with Gasteiger partial charge in [-0.3, -0.25) is 9.78 Å². The SMILES string of the molecule is CC(=O)c1cncc(C)c1N. The molecule has 0 fully saturated rings. The second kappa shape index (κ2) is 2.70. The van der Waals surface area contributed by atoms with E-state index in [0.717, 1.165) is 5.56 Å². The quantitative estimate of drug-likeness (QED) is 0.611. The number of rotatable bonds is 1. The lowest BCUT2D eigenvalue weighted by Gasteiger charge is -2.02. The summed E-state index contributed by atoms with van der Waals surface area (Å²) < 4.78 is 0. The van der Waals surface area contributed by atoms with Gasteiger partial charge >= 0.3 is 0 Å². The Hall–Kier alpha value is -1.38. The number of pyridine rings is 1. The molecule has 0 radical (unpaired) electrons. The predicted molar refractivity (Wildman–Crippen MR) is 43.4 cm³/mol. The van der Waals surface area contributed by atoms with E-state index in [4.69, 9.17) is 5.73 Å². The Bertz CT molecular complexity index is 294. The molecule has 2 N–H and O–H groups in total. The molecule has 0 bridgehead atoms. The van der Waals surface area contributed by atoms with Gasteiger partial charge in [-0.1, -0.05) is 0 Å². The summed E-state index contributed by atoms with van der Waals surface area (Å²) >= 11 is 0. The van der Waals surface area contributed by atoms with Crippen molar-refractivity contribution >= 4 is 11.5 Å². The third-order valence-electron chi connectivity index (χ3n) is 1.57. The summed E-state index contributed by atoms with van der Waals surface area (Å²) in [6.45, 7) is 3.31. The highest BCUT2D eigenvalue weighted by Crippen LogP contribution is 2.14. The van der Waals surface area contributed by atoms with Gasteiger partial charge in [0, 0.05) is 18.1 Å². The van der Waals surface area contributed by atoms with Crippen molar-refractivity contribution in [1.29, 1.82) is 0 Å². The fourth-order valence-corrected chi connectivity index (χ4v) is 0.856. The third kappa shape index (κ3) is 1.37. The van der Waals surface area contributed by atoms with E-state index in [1.165, 1.54) is 13.1 Å². The fraction of sp³-hybridized carbons (Fsp3) is 0.250. The van der Waals surface area contributed by atoms with Gasteiger partial charge < -0.3 is 5.73 Å². The highest BCUT2D eigenvalue weighted by atomic mass is 16.1. The molecule has 0 aliphatic heterocycles. The summed E-state index contributed by atoms with van der Waals surface area (Å²) in [5, 5.41) is 0. The lowest BCUT2D eigenvalue weighted by atomic mass is 10.1. The molecule has 58 valence electrons. The van der Waals surface area contributed by atoms with Gasteiger partial charge in [0.1, 0.15) is 0 Å². The average molecular weight is 150 g/mol. The second-order valence-electron chi connectivity index (χ2n) is 2.47. The molecule has 0 aliphatic rings. The maximum atomic E-state index is 10.9. The number of hydrogen-bond acceptors (Lipinski definition) is 3. The number of carbonyl (C=O) groups is 1. The number of aryl methyl sites for hydroxylation is 1. The van der Waals surface area contributed by atoms with E-state index in [1.807, 2.05) is 6.92 Å². The Morgan fingerprint density at radius 3 is 2.64 bits per heavy atom. The maximum absolute atomic E-state index is 10.9. The van der Waals surface area contributed by atoms with E-state index in [2.05, 4.69) is 4.98 Å². The molecule has 3 nitrogen and oxygen atoms in total. The van der Waals surface area contributed by atoms with Crippen LogP contribution in [0, 0.1) is 6.92 Å². The lowest BCUT2D eigenvalue weighted by molar-refractivity contribution is 0.101. The second-order valence-corrected chi connectivity index (χ2v) is 2.47. The molecule has 0 atom stereocenters. The van der Waals surface area contributed by atoms with Crippen LogP contribution in [0.5, 0.6) is 0 Å². The van der Waals surface area contributed by atoms with Gasteiger partial charge in [-0.2, -0.15) is 0 Å². The first-order valence-electron chi connectivity index (χ1n) is 3.34. The summed E-state index contributed by atoms with van der Waals surface area (Å²) in [6.07, 6.45) is 3.13. The number of carbonyl (C=O) groups excluding carboxylic acids is 1. The van der Waals surface area contributed by atoms with Crippen LogP contribution in [0.1, 0.15) is 22.8 Å². The number of ketones is 1. The average Bonchev–Trinajstić information content (AvgIpc) is 1.94. The van der Waals surface area contributed by atoms with Crippen LogP contribution >= 0.6 is 0 Å². The van der Waals surface area contributed by atoms with Gasteiger partial charge in [0.05, 0.1) is 5.56 Å². The van der Waals surface area contributed by atoms with Crippen LogP contribution in [0.25, 0.3) is 0 Å². The Morgan fingerprint density at radius 2 is 2.18 bits per heavy atom. The Morgan fingerprint density at radius 1 is 1.55 bits per heavy atom. The van der Waals surface area contributed by atoms with Crippen molar-refractivity contribution < 1.29 is 4.79 Å². The molecule has 0 aliphatic carbocycles. The Labute approximate surface area is 65.2 Å². The van der Waals surface area contributed by atoms with E-state index in [-0.39, 0.29) is 5.78 Å². The van der Waals surface area contributed by atoms with Crippen LogP contribution in [0.2, 0.25) is 0 Å². The predicted octanol–water partition coefficient (Wildman–Crippen LogP) is 1.17. The fourth-order valence-electron chi connectivity index (χ4n) is 0.856. The highest BCUT2D eigenvalue weighted by molar-refractivity contribution is 5.99. The third-order valence-corrected chi connectivity index (χ3v) is 1.57. The Kier molecular flexibility index (Phi) is 1.89. The van der Waals surface area contributed by atoms with Crippen LogP contribution < -0.4 is 5.73 Å². The molecule has 0 amide bonds. The molecule has 0 saturated carbocycles. The minimum Gasteiger partial charge on any atom is -0.398 e. The summed E-state index contributed by atoms with van der Waals surface area (Å²) in [6, 6.07) is 0. The Balaban J connectivity index is 3.27. The summed E-state index contributed by atoms with van der Waals surface area (Å²) in [7, 11) is 0. The molecule has 1 aromatic heterocycles. The van der Waals surface area contributed by atoms with Crippen molar-refractivity contribution in [3.63, 3.8) is 0 Å². The first kappa shape index (κ1) is 7.72. The first-order chi connectivity index (χ1) is 5.13. The van der Waals surface area contributed by atoms with Crippen LogP contribution in [0.3, 0.4) is 0 Å². The van der Waals surface area contributed by atoms with E-state index in [0.29, 0.717) is 11.3 Å². The van der Waals surface area contributed by atoms with Crippen molar-refractivity contribution in [3.8, 4) is 0 Å². The number of anilines is 1. The summed E-state index contributed by atoms with van der Waals surface area (Å²) in [5.74, 6) is -0.0429. The van der Waals surface area contributed by atoms with Crippen molar-refractivity contribution in [3.05, 3.63) is 23.5 Å². The van der Waals surface area contributed by atoms with Crippen LogP contribution in [0.4, 0.5) is 5.69 Å². The van der Waals surface area contributed by atoms with Crippen molar-refractivity contribution in [1.82, 2.24) is 4.98 Å². The molecule has 11 heavy (non-hydrogen) atoms. The lowest BCUT2D eigenvalue weighted by Crippen LogP contribution is -2.02. The van der Waals surface area contributed by atoms with E-state index >= 15 is 0 Å². The minimum absolute atomic E-state index is 0.0429. The number of nitrogens with zero attached hydrogens (tertiary/aromatic N) is 1. The largest absolute Gasteiger partial charge is 0.398 e. The molecule has 0 aromatic carbocycles. The van der Waals surface area contributed by atoms with Gasteiger partial charge in [0.2, 0.25) is 0 Å². The number of hydrogen-bond donors (Lipinski definition) is 1. The monoisotopic (exact) mass is 150 g/mol. The van der Waals surface area contributed by atoms with Crippen molar-refractivity contribution in [2.75, 3.05) is 5.73 Å². The van der Waals surface area contributed by atoms with E-state index < -0.39 is 0 Å². The molecule has 0 unspecified atom stereocenters. The number of aromatic nitrogens is 1. The molecular formula is C8H10N2O. The van der Waals surface area contributed by atoms with Crippen LogP contribution in [-0.2, 0) is 0 Å². The normalized spacial score (nSPS) is 9.64. The zero-order valence-electron chi connectivity index (χ0n) is 6.59. The van der Waals surface area contributed by atoms with Gasteiger partial charge in [-0.25, -0.2) is 0 Å². The van der Waals surface area contributed by atoms with Crippen molar-refractivity contribution in [2.45, 2.75) is 13.8 Å². The molecule has 3 heteroatoms. The standard InChI is InChI=1S/C8H10N2O/c1-5-3-10-4-7(6(2)11)8(5)9/h3-4H,1-2H3,(H2,9,10). The molecule has 1 heterocycles. The minimum atomic E-state index is -0.0429. The molecular weight excluding hydrogens is 140 g/mol. The molecule has 0 saturated heterocycles. The summed E-state index contributed by atoms with van der Waals surface area (Å²) in [4.78, 5) is 14.8. The molecule has 1 rings (SSSR count). The topological polar surface area (TPSA) is 56.0 Å². The van der Waals surface area contributed by atoms with Crippen molar-refractivity contribution in [2.24, 2.45) is 0 Å². The summed E-state index contributed by atoms with van der Waals surface area (Å²) in [5.41, 5.74) is 7.51. The van der Waals surface area contributed by atoms with E-state index in [9.17, 15) is 4.79 Å². The smallest absolute Gasteiger partial charge is 0.163 e. The van der Waals surface area contributed by atoms with Crippen LogP contribution in [0.15, 0.2) is 12.4 Å². The zero-order chi connectivity index (χ0) is 8.43. The number of nitrogen functional groups attached to an aromatic ring is 1. The van der Waals surface area contributed by atoms with Crippen LogP contribution in [-0.4, -0.2) is 10.8 Å². The maximum Gasteiger partial charge on any atom is 0.163 e.